The van der Waals surface area contributed by atoms with Crippen LogP contribution in [0.4, 0.5) is 23.2 Å². The minimum Gasteiger partial charge on any atom is -0.319 e. The minimum absolute atomic E-state index is 0.288. The number of rotatable bonds is 6. The second-order valence-corrected chi connectivity index (χ2v) is 6.59. The number of quaternary nitrogens is 1. The van der Waals surface area contributed by atoms with Crippen LogP contribution in [0.5, 0.6) is 0 Å². The van der Waals surface area contributed by atoms with Crippen molar-refractivity contribution in [2.75, 3.05) is 5.32 Å². The predicted octanol–water partition coefficient (Wildman–Crippen LogP) is 2.82. The van der Waals surface area contributed by atoms with E-state index in [1.165, 1.54) is 12.1 Å². The lowest BCUT2D eigenvalue weighted by atomic mass is 10.1. The molecule has 1 amide bonds. The van der Waals surface area contributed by atoms with Gasteiger partial charge < -0.3 is 10.2 Å². The van der Waals surface area contributed by atoms with Crippen molar-refractivity contribution >= 4 is 11.6 Å². The van der Waals surface area contributed by atoms with Gasteiger partial charge in [-0.1, -0.05) is 12.1 Å². The monoisotopic (exact) mass is 367 g/mol. The van der Waals surface area contributed by atoms with Gasteiger partial charge in [0.25, 0.3) is 5.91 Å². The third-order valence-corrected chi connectivity index (χ3v) is 4.67. The molecule has 1 fully saturated rings. The number of hydrogen-bond donors (Lipinski definition) is 2. The van der Waals surface area contributed by atoms with Crippen LogP contribution in [0.3, 0.4) is 0 Å². The van der Waals surface area contributed by atoms with E-state index >= 15 is 0 Å². The Morgan fingerprint density at radius 1 is 1.08 bits per heavy atom. The van der Waals surface area contributed by atoms with Gasteiger partial charge in [0, 0.05) is 18.4 Å². The normalized spacial score (nSPS) is 16.2. The Bertz CT molecular complexity index is 806. The van der Waals surface area contributed by atoms with E-state index in [0.717, 1.165) is 35.4 Å². The van der Waals surface area contributed by atoms with Gasteiger partial charge in [-0.05, 0) is 31.2 Å². The first kappa shape index (κ1) is 18.4. The van der Waals surface area contributed by atoms with Crippen molar-refractivity contribution in [2.24, 2.45) is 0 Å². The zero-order valence-electron chi connectivity index (χ0n) is 14.2. The molecular formula is C19H19F4N2O+. The van der Waals surface area contributed by atoms with Gasteiger partial charge >= 0.3 is 0 Å². The number of anilines is 1. The molecule has 1 aliphatic carbocycles. The Morgan fingerprint density at radius 2 is 1.73 bits per heavy atom. The summed E-state index contributed by atoms with van der Waals surface area (Å²) in [5.74, 6) is -5.17. The smallest absolute Gasteiger partial charge is 0.282 e. The summed E-state index contributed by atoms with van der Waals surface area (Å²) in [6, 6.07) is 7.56. The largest absolute Gasteiger partial charge is 0.319 e. The van der Waals surface area contributed by atoms with Crippen LogP contribution in [0, 0.1) is 23.3 Å². The molecule has 2 aromatic carbocycles. The molecule has 2 N–H and O–H groups in total. The number of benzene rings is 2. The fourth-order valence-electron chi connectivity index (χ4n) is 2.97. The summed E-state index contributed by atoms with van der Waals surface area (Å²) in [6.45, 7) is 2.21. The van der Waals surface area contributed by atoms with Crippen LogP contribution in [0.25, 0.3) is 0 Å². The first-order chi connectivity index (χ1) is 12.4. The maximum absolute atomic E-state index is 13.8. The van der Waals surface area contributed by atoms with E-state index < -0.39 is 35.1 Å². The molecule has 138 valence electrons. The van der Waals surface area contributed by atoms with Gasteiger partial charge in [-0.25, -0.2) is 17.6 Å². The number of carbonyl (C=O) groups excluding carboxylic acids is 1. The van der Waals surface area contributed by atoms with Crippen molar-refractivity contribution in [2.45, 2.75) is 38.4 Å². The molecule has 0 radical (unpaired) electrons. The molecule has 3 rings (SSSR count). The van der Waals surface area contributed by atoms with Gasteiger partial charge in [0.15, 0.2) is 23.5 Å². The second kappa shape index (κ2) is 7.45. The molecule has 0 saturated heterocycles. The fraction of sp³-hybridized carbons (Fsp3) is 0.316. The third kappa shape index (κ3) is 4.04. The Morgan fingerprint density at radius 3 is 2.35 bits per heavy atom. The lowest BCUT2D eigenvalue weighted by molar-refractivity contribution is -0.938. The van der Waals surface area contributed by atoms with E-state index in [0.29, 0.717) is 6.54 Å². The van der Waals surface area contributed by atoms with Gasteiger partial charge in [0.2, 0.25) is 0 Å². The molecule has 1 saturated carbocycles. The quantitative estimate of drug-likeness (QED) is 0.598. The van der Waals surface area contributed by atoms with Gasteiger partial charge in [0.1, 0.15) is 12.4 Å². The van der Waals surface area contributed by atoms with Crippen molar-refractivity contribution in [1.82, 2.24) is 0 Å². The summed E-state index contributed by atoms with van der Waals surface area (Å²) >= 11 is 0. The lowest BCUT2D eigenvalue weighted by Crippen LogP contribution is -3.16. The van der Waals surface area contributed by atoms with E-state index in [1.54, 1.807) is 19.1 Å². The number of hydrogen-bond acceptors (Lipinski definition) is 1. The van der Waals surface area contributed by atoms with Crippen molar-refractivity contribution in [3.8, 4) is 0 Å². The fourth-order valence-corrected chi connectivity index (χ4v) is 2.97. The molecule has 7 heteroatoms. The number of carbonyl (C=O) groups is 1. The van der Waals surface area contributed by atoms with Crippen LogP contribution < -0.4 is 10.2 Å². The first-order valence-electron chi connectivity index (χ1n) is 8.41. The van der Waals surface area contributed by atoms with Crippen LogP contribution in [-0.4, -0.2) is 18.0 Å². The average molecular weight is 367 g/mol. The standard InChI is InChI=1S/C19H18F4N2O/c1-11(19(26)24-16-9-8-15(21)17(22)18(16)23)25(14-6-7-14)10-12-2-4-13(20)5-3-12/h2-5,8-9,11,14H,6-7,10H2,1H3,(H,24,26)/p+1/t11-/m0/s1. The predicted molar refractivity (Wildman–Crippen MR) is 88.5 cm³/mol. The lowest BCUT2D eigenvalue weighted by Gasteiger charge is -2.25. The first-order valence-corrected chi connectivity index (χ1v) is 8.41. The van der Waals surface area contributed by atoms with Gasteiger partial charge in [-0.15, -0.1) is 0 Å². The highest BCUT2D eigenvalue weighted by atomic mass is 19.2. The number of nitrogens with one attached hydrogen (secondary N) is 2. The van der Waals surface area contributed by atoms with Gasteiger partial charge in [0.05, 0.1) is 11.7 Å². The molecule has 0 aliphatic heterocycles. The van der Waals surface area contributed by atoms with Crippen LogP contribution in [0.15, 0.2) is 36.4 Å². The van der Waals surface area contributed by atoms with Gasteiger partial charge in [-0.3, -0.25) is 4.79 Å². The van der Waals surface area contributed by atoms with Crippen molar-refractivity contribution < 1.29 is 27.3 Å². The number of halogens is 4. The highest BCUT2D eigenvalue weighted by Gasteiger charge is 2.39. The van der Waals surface area contributed by atoms with E-state index in [2.05, 4.69) is 5.32 Å². The van der Waals surface area contributed by atoms with Crippen molar-refractivity contribution in [3.05, 3.63) is 65.2 Å². The zero-order valence-corrected chi connectivity index (χ0v) is 14.2. The molecule has 0 bridgehead atoms. The maximum Gasteiger partial charge on any atom is 0.282 e. The van der Waals surface area contributed by atoms with E-state index in [-0.39, 0.29) is 11.9 Å². The van der Waals surface area contributed by atoms with Crippen LogP contribution in [0.2, 0.25) is 0 Å². The molecule has 2 atom stereocenters. The molecule has 3 nitrogen and oxygen atoms in total. The summed E-state index contributed by atoms with van der Waals surface area (Å²) in [5, 5.41) is 2.33. The van der Waals surface area contributed by atoms with E-state index in [1.807, 2.05) is 0 Å². The highest BCUT2D eigenvalue weighted by molar-refractivity contribution is 5.93. The average Bonchev–Trinajstić information content (AvgIpc) is 3.46. The Hall–Kier alpha value is -2.41. The Balaban J connectivity index is 1.72. The van der Waals surface area contributed by atoms with Crippen molar-refractivity contribution in [3.63, 3.8) is 0 Å². The summed E-state index contributed by atoms with van der Waals surface area (Å²) in [5.41, 5.74) is 0.490. The van der Waals surface area contributed by atoms with Gasteiger partial charge in [-0.2, -0.15) is 0 Å². The highest BCUT2D eigenvalue weighted by Crippen LogP contribution is 2.20. The summed E-state index contributed by atoms with van der Waals surface area (Å²) < 4.78 is 53.2. The molecule has 0 heterocycles. The van der Waals surface area contributed by atoms with Crippen LogP contribution in [0.1, 0.15) is 25.3 Å². The topological polar surface area (TPSA) is 33.5 Å². The van der Waals surface area contributed by atoms with Crippen LogP contribution >= 0.6 is 0 Å². The zero-order chi connectivity index (χ0) is 18.8. The van der Waals surface area contributed by atoms with Crippen LogP contribution in [-0.2, 0) is 11.3 Å². The molecule has 1 aliphatic rings. The summed E-state index contributed by atoms with van der Waals surface area (Å²) in [6.07, 6.45) is 1.93. The SMILES string of the molecule is C[C@@H](C(=O)Nc1ccc(F)c(F)c1F)[NH+](Cc1ccc(F)cc1)C1CC1. The third-order valence-electron chi connectivity index (χ3n) is 4.67. The molecule has 2 aromatic rings. The van der Waals surface area contributed by atoms with Crippen molar-refractivity contribution in [1.29, 1.82) is 0 Å². The molecule has 1 unspecified atom stereocenters. The maximum atomic E-state index is 13.8. The van der Waals surface area contributed by atoms with E-state index in [4.69, 9.17) is 0 Å². The second-order valence-electron chi connectivity index (χ2n) is 6.59. The molecule has 26 heavy (non-hydrogen) atoms. The molecule has 0 aromatic heterocycles. The number of amides is 1. The summed E-state index contributed by atoms with van der Waals surface area (Å²) in [4.78, 5) is 13.5. The Labute approximate surface area is 148 Å². The summed E-state index contributed by atoms with van der Waals surface area (Å²) in [7, 11) is 0. The Kier molecular flexibility index (Phi) is 5.27. The minimum atomic E-state index is -1.62. The van der Waals surface area contributed by atoms with E-state index in [9.17, 15) is 22.4 Å². The molecule has 0 spiro atoms. The molecular weight excluding hydrogens is 348 g/mol.